The Balaban J connectivity index is 1.65. The van der Waals surface area contributed by atoms with Crippen molar-refractivity contribution in [3.63, 3.8) is 0 Å². The highest BCUT2D eigenvalue weighted by Crippen LogP contribution is 2.25. The van der Waals surface area contributed by atoms with Crippen LogP contribution in [0.1, 0.15) is 50.0 Å². The first-order valence-electron chi connectivity index (χ1n) is 8.79. The van der Waals surface area contributed by atoms with Crippen LogP contribution in [-0.4, -0.2) is 28.3 Å². The quantitative estimate of drug-likeness (QED) is 0.835. The highest BCUT2D eigenvalue weighted by molar-refractivity contribution is 6.03. The van der Waals surface area contributed by atoms with Crippen LogP contribution in [0.4, 0.5) is 11.5 Å². The monoisotopic (exact) mass is 340 g/mol. The van der Waals surface area contributed by atoms with Gasteiger partial charge in [0.05, 0.1) is 11.8 Å². The summed E-state index contributed by atoms with van der Waals surface area (Å²) in [5.41, 5.74) is 0.896. The van der Waals surface area contributed by atoms with Gasteiger partial charge in [-0.15, -0.1) is 10.2 Å². The van der Waals surface area contributed by atoms with Gasteiger partial charge in [-0.25, -0.2) is 0 Å². The number of nitrogens with zero attached hydrogens (tertiary/aromatic N) is 2. The van der Waals surface area contributed by atoms with E-state index in [0.717, 1.165) is 12.8 Å². The molecule has 1 aliphatic carbocycles. The second-order valence-corrected chi connectivity index (χ2v) is 6.55. The average molecular weight is 340 g/mol. The molecule has 1 heterocycles. The molecule has 6 heteroatoms. The minimum Gasteiger partial charge on any atom is -0.489 e. The molecule has 3 rings (SSSR count). The summed E-state index contributed by atoms with van der Waals surface area (Å²) < 4.78 is 5.71. The normalized spacial score (nSPS) is 14.5. The molecule has 1 saturated carbocycles. The minimum atomic E-state index is -0.306. The van der Waals surface area contributed by atoms with E-state index in [-0.39, 0.29) is 17.7 Å². The molecule has 2 aromatic rings. The summed E-state index contributed by atoms with van der Waals surface area (Å²) in [6.07, 6.45) is 4.86. The fraction of sp³-hybridized carbons (Fsp3) is 0.421. The van der Waals surface area contributed by atoms with Gasteiger partial charge in [0.2, 0.25) is 0 Å². The van der Waals surface area contributed by atoms with Crippen molar-refractivity contribution in [1.29, 1.82) is 0 Å². The third-order valence-corrected chi connectivity index (χ3v) is 4.10. The summed E-state index contributed by atoms with van der Waals surface area (Å²) in [5.74, 6) is 1.05. The van der Waals surface area contributed by atoms with E-state index in [4.69, 9.17) is 4.74 Å². The van der Waals surface area contributed by atoms with Crippen molar-refractivity contribution in [3.05, 3.63) is 42.1 Å². The summed E-state index contributed by atoms with van der Waals surface area (Å²) in [6.45, 7) is 3.89. The van der Waals surface area contributed by atoms with E-state index in [1.54, 1.807) is 18.2 Å². The number of anilines is 2. The largest absolute Gasteiger partial charge is 0.489 e. The lowest BCUT2D eigenvalue weighted by molar-refractivity contribution is 0.102. The second kappa shape index (κ2) is 7.96. The molecule has 2 N–H and O–H groups in total. The molecule has 0 unspecified atom stereocenters. The van der Waals surface area contributed by atoms with Gasteiger partial charge in [-0.1, -0.05) is 25.0 Å². The Labute approximate surface area is 148 Å². The maximum Gasteiger partial charge on any atom is 0.276 e. The molecule has 1 aromatic carbocycles. The molecule has 1 amide bonds. The van der Waals surface area contributed by atoms with Gasteiger partial charge < -0.3 is 15.4 Å². The maximum atomic E-state index is 12.4. The number of carbonyl (C=O) groups is 1. The number of para-hydroxylation sites is 2. The number of rotatable bonds is 6. The van der Waals surface area contributed by atoms with Gasteiger partial charge >= 0.3 is 0 Å². The van der Waals surface area contributed by atoms with E-state index in [1.165, 1.54) is 12.8 Å². The molecule has 25 heavy (non-hydrogen) atoms. The third kappa shape index (κ3) is 4.68. The lowest BCUT2D eigenvalue weighted by Crippen LogP contribution is -2.18. The SMILES string of the molecule is CC(C)Oc1ccccc1NC(=O)c1ccc(NC2CCCC2)nn1. The standard InChI is InChI=1S/C19H24N4O2/c1-13(2)25-17-10-6-5-9-15(17)21-19(24)16-11-12-18(23-22-16)20-14-7-3-4-8-14/h5-6,9-14H,3-4,7-8H2,1-2H3,(H,20,23)(H,21,24). The molecule has 0 aliphatic heterocycles. The average Bonchev–Trinajstić information content (AvgIpc) is 3.10. The topological polar surface area (TPSA) is 76.1 Å². The second-order valence-electron chi connectivity index (χ2n) is 6.55. The Hall–Kier alpha value is -2.63. The molecule has 1 aliphatic rings. The van der Waals surface area contributed by atoms with Crippen LogP contribution in [0.15, 0.2) is 36.4 Å². The summed E-state index contributed by atoms with van der Waals surface area (Å²) in [5, 5.41) is 14.4. The Morgan fingerprint density at radius 3 is 2.56 bits per heavy atom. The number of hydrogen-bond donors (Lipinski definition) is 2. The van der Waals surface area contributed by atoms with Gasteiger partial charge in [0.15, 0.2) is 5.69 Å². The molecule has 6 nitrogen and oxygen atoms in total. The first-order valence-corrected chi connectivity index (χ1v) is 8.79. The Morgan fingerprint density at radius 2 is 1.88 bits per heavy atom. The summed E-state index contributed by atoms with van der Waals surface area (Å²) in [7, 11) is 0. The molecule has 1 aromatic heterocycles. The highest BCUT2D eigenvalue weighted by atomic mass is 16.5. The van der Waals surface area contributed by atoms with Crippen molar-refractivity contribution in [2.24, 2.45) is 0 Å². The van der Waals surface area contributed by atoms with Crippen molar-refractivity contribution < 1.29 is 9.53 Å². The van der Waals surface area contributed by atoms with Gasteiger partial charge in [0, 0.05) is 6.04 Å². The molecule has 1 fully saturated rings. The van der Waals surface area contributed by atoms with Crippen LogP contribution in [0, 0.1) is 0 Å². The van der Waals surface area contributed by atoms with Crippen molar-refractivity contribution in [1.82, 2.24) is 10.2 Å². The lowest BCUT2D eigenvalue weighted by Gasteiger charge is -2.15. The van der Waals surface area contributed by atoms with E-state index >= 15 is 0 Å². The predicted molar refractivity (Wildman–Crippen MR) is 98.1 cm³/mol. The van der Waals surface area contributed by atoms with E-state index in [1.807, 2.05) is 32.0 Å². The highest BCUT2D eigenvalue weighted by Gasteiger charge is 2.16. The van der Waals surface area contributed by atoms with Crippen molar-refractivity contribution in [2.45, 2.75) is 51.7 Å². The molecular weight excluding hydrogens is 316 g/mol. The van der Waals surface area contributed by atoms with E-state index in [0.29, 0.717) is 23.3 Å². The van der Waals surface area contributed by atoms with Crippen LogP contribution in [0.25, 0.3) is 0 Å². The lowest BCUT2D eigenvalue weighted by atomic mass is 10.2. The predicted octanol–water partition coefficient (Wildman–Crippen LogP) is 3.87. The number of nitrogens with one attached hydrogen (secondary N) is 2. The Kier molecular flexibility index (Phi) is 5.48. The zero-order valence-corrected chi connectivity index (χ0v) is 14.7. The first kappa shape index (κ1) is 17.2. The number of amides is 1. The van der Waals surface area contributed by atoms with E-state index < -0.39 is 0 Å². The van der Waals surface area contributed by atoms with Crippen LogP contribution in [0.5, 0.6) is 5.75 Å². The van der Waals surface area contributed by atoms with Gasteiger partial charge in [-0.3, -0.25) is 4.79 Å². The van der Waals surface area contributed by atoms with Crippen molar-refractivity contribution >= 4 is 17.4 Å². The minimum absolute atomic E-state index is 0.0267. The van der Waals surface area contributed by atoms with Crippen molar-refractivity contribution in [2.75, 3.05) is 10.6 Å². The fourth-order valence-corrected chi connectivity index (χ4v) is 2.92. The molecular formula is C19H24N4O2. The van der Waals surface area contributed by atoms with Gasteiger partial charge in [0.1, 0.15) is 11.6 Å². The number of aromatic nitrogens is 2. The fourth-order valence-electron chi connectivity index (χ4n) is 2.92. The van der Waals surface area contributed by atoms with Crippen LogP contribution >= 0.6 is 0 Å². The molecule has 0 saturated heterocycles. The zero-order valence-electron chi connectivity index (χ0n) is 14.7. The number of ether oxygens (including phenoxy) is 1. The molecule has 0 spiro atoms. The van der Waals surface area contributed by atoms with Crippen LogP contribution in [0.2, 0.25) is 0 Å². The van der Waals surface area contributed by atoms with E-state index in [2.05, 4.69) is 20.8 Å². The number of benzene rings is 1. The van der Waals surface area contributed by atoms with Crippen molar-refractivity contribution in [3.8, 4) is 5.75 Å². The van der Waals surface area contributed by atoms with Gasteiger partial charge in [0.25, 0.3) is 5.91 Å². The van der Waals surface area contributed by atoms with E-state index in [9.17, 15) is 4.79 Å². The summed E-state index contributed by atoms with van der Waals surface area (Å²) in [4.78, 5) is 12.4. The molecule has 0 radical (unpaired) electrons. The van der Waals surface area contributed by atoms with Gasteiger partial charge in [-0.2, -0.15) is 0 Å². The third-order valence-electron chi connectivity index (χ3n) is 4.10. The summed E-state index contributed by atoms with van der Waals surface area (Å²) >= 11 is 0. The van der Waals surface area contributed by atoms with Crippen LogP contribution in [0.3, 0.4) is 0 Å². The molecule has 0 atom stereocenters. The molecule has 0 bridgehead atoms. The maximum absolute atomic E-state index is 12.4. The van der Waals surface area contributed by atoms with Gasteiger partial charge in [-0.05, 0) is 51.0 Å². The number of hydrogen-bond acceptors (Lipinski definition) is 5. The van der Waals surface area contributed by atoms with Crippen LogP contribution < -0.4 is 15.4 Å². The molecule has 132 valence electrons. The zero-order chi connectivity index (χ0) is 17.6. The smallest absolute Gasteiger partial charge is 0.276 e. The Bertz CT molecular complexity index is 710. The van der Waals surface area contributed by atoms with Crippen LogP contribution in [-0.2, 0) is 0 Å². The first-order chi connectivity index (χ1) is 12.1. The summed E-state index contributed by atoms with van der Waals surface area (Å²) in [6, 6.07) is 11.3. The Morgan fingerprint density at radius 1 is 1.12 bits per heavy atom. The number of carbonyl (C=O) groups excluding carboxylic acids is 1.